The highest BCUT2D eigenvalue weighted by Crippen LogP contribution is 2.22. The molecule has 0 amide bonds. The van der Waals surface area contributed by atoms with Crippen molar-refractivity contribution in [2.24, 2.45) is 5.73 Å². The number of rotatable bonds is 4. The molecule has 0 aliphatic heterocycles. The predicted molar refractivity (Wildman–Crippen MR) is 59.6 cm³/mol. The molecule has 0 radical (unpaired) electrons. The quantitative estimate of drug-likeness (QED) is 0.798. The molecule has 1 unspecified atom stereocenters. The first-order chi connectivity index (χ1) is 6.69. The second-order valence-corrected chi connectivity index (χ2v) is 3.47. The summed E-state index contributed by atoms with van der Waals surface area (Å²) >= 11 is 0. The van der Waals surface area contributed by atoms with Crippen LogP contribution in [0.5, 0.6) is 5.75 Å². The van der Waals surface area contributed by atoms with Crippen molar-refractivity contribution in [1.82, 2.24) is 0 Å². The van der Waals surface area contributed by atoms with E-state index in [1.165, 1.54) is 5.56 Å². The van der Waals surface area contributed by atoms with Crippen molar-refractivity contribution >= 4 is 0 Å². The van der Waals surface area contributed by atoms with Gasteiger partial charge in [0, 0.05) is 6.04 Å². The van der Waals surface area contributed by atoms with Gasteiger partial charge in [0.1, 0.15) is 5.75 Å². The monoisotopic (exact) mass is 193 g/mol. The minimum Gasteiger partial charge on any atom is -0.494 e. The van der Waals surface area contributed by atoms with Gasteiger partial charge in [0.25, 0.3) is 0 Å². The highest BCUT2D eigenvalue weighted by atomic mass is 16.5. The van der Waals surface area contributed by atoms with Crippen LogP contribution in [-0.4, -0.2) is 6.61 Å². The van der Waals surface area contributed by atoms with E-state index in [0.29, 0.717) is 6.61 Å². The highest BCUT2D eigenvalue weighted by Gasteiger charge is 2.05. The van der Waals surface area contributed by atoms with Crippen LogP contribution >= 0.6 is 0 Å². The second kappa shape index (κ2) is 5.01. The summed E-state index contributed by atoms with van der Waals surface area (Å²) in [5, 5.41) is 0. The van der Waals surface area contributed by atoms with Gasteiger partial charge in [-0.2, -0.15) is 0 Å². The van der Waals surface area contributed by atoms with Crippen LogP contribution in [0.3, 0.4) is 0 Å². The number of nitrogens with two attached hydrogens (primary N) is 1. The summed E-state index contributed by atoms with van der Waals surface area (Å²) in [5.74, 6) is 0.958. The smallest absolute Gasteiger partial charge is 0.122 e. The zero-order valence-electron chi connectivity index (χ0n) is 9.21. The summed E-state index contributed by atoms with van der Waals surface area (Å²) < 4.78 is 5.46. The van der Waals surface area contributed by atoms with Crippen molar-refractivity contribution in [2.45, 2.75) is 33.2 Å². The number of aryl methyl sites for hydroxylation is 1. The van der Waals surface area contributed by atoms with Crippen LogP contribution in [-0.2, 0) is 0 Å². The Labute approximate surface area is 86.1 Å². The van der Waals surface area contributed by atoms with E-state index < -0.39 is 0 Å². The van der Waals surface area contributed by atoms with Gasteiger partial charge in [0.15, 0.2) is 0 Å². The number of hydrogen-bond donors (Lipinski definition) is 1. The van der Waals surface area contributed by atoms with Crippen LogP contribution in [0.4, 0.5) is 0 Å². The Balaban J connectivity index is 2.88. The fourth-order valence-electron chi connectivity index (χ4n) is 1.46. The summed E-state index contributed by atoms with van der Waals surface area (Å²) in [6.45, 7) is 6.85. The fraction of sp³-hybridized carbons (Fsp3) is 0.500. The molecular weight excluding hydrogens is 174 g/mol. The molecule has 0 aromatic heterocycles. The van der Waals surface area contributed by atoms with Crippen LogP contribution in [0.15, 0.2) is 18.2 Å². The molecule has 0 aliphatic rings. The molecule has 0 saturated heterocycles. The maximum Gasteiger partial charge on any atom is 0.122 e. The molecule has 0 aliphatic carbocycles. The van der Waals surface area contributed by atoms with E-state index in [2.05, 4.69) is 19.9 Å². The minimum absolute atomic E-state index is 0.143. The van der Waals surface area contributed by atoms with Crippen molar-refractivity contribution in [1.29, 1.82) is 0 Å². The van der Waals surface area contributed by atoms with E-state index in [1.807, 2.05) is 19.1 Å². The summed E-state index contributed by atoms with van der Waals surface area (Å²) in [7, 11) is 0. The van der Waals surface area contributed by atoms with E-state index in [-0.39, 0.29) is 6.04 Å². The lowest BCUT2D eigenvalue weighted by atomic mass is 10.0. The van der Waals surface area contributed by atoms with E-state index in [4.69, 9.17) is 10.5 Å². The Kier molecular flexibility index (Phi) is 3.96. The number of benzene rings is 1. The second-order valence-electron chi connectivity index (χ2n) is 3.47. The molecule has 0 spiro atoms. The lowest BCUT2D eigenvalue weighted by Gasteiger charge is -2.12. The molecule has 1 atom stereocenters. The normalized spacial score (nSPS) is 12.6. The topological polar surface area (TPSA) is 35.2 Å². The summed E-state index contributed by atoms with van der Waals surface area (Å²) in [6.07, 6.45) is 0.966. The van der Waals surface area contributed by atoms with Crippen LogP contribution in [0.1, 0.15) is 37.4 Å². The third-order valence-electron chi connectivity index (χ3n) is 2.37. The van der Waals surface area contributed by atoms with Crippen LogP contribution in [0, 0.1) is 6.92 Å². The van der Waals surface area contributed by atoms with Crippen LogP contribution in [0.2, 0.25) is 0 Å². The largest absolute Gasteiger partial charge is 0.494 e. The average molecular weight is 193 g/mol. The van der Waals surface area contributed by atoms with Crippen molar-refractivity contribution in [3.05, 3.63) is 29.3 Å². The summed E-state index contributed by atoms with van der Waals surface area (Å²) in [4.78, 5) is 0. The van der Waals surface area contributed by atoms with Gasteiger partial charge in [-0.05, 0) is 37.5 Å². The summed E-state index contributed by atoms with van der Waals surface area (Å²) in [5.41, 5.74) is 8.30. The van der Waals surface area contributed by atoms with Crippen molar-refractivity contribution in [2.75, 3.05) is 6.61 Å². The molecule has 0 heterocycles. The van der Waals surface area contributed by atoms with Gasteiger partial charge in [0.05, 0.1) is 6.61 Å². The van der Waals surface area contributed by atoms with Gasteiger partial charge in [-0.3, -0.25) is 0 Å². The number of hydrogen-bond acceptors (Lipinski definition) is 2. The Morgan fingerprint density at radius 1 is 1.36 bits per heavy atom. The molecule has 0 bridgehead atoms. The van der Waals surface area contributed by atoms with Gasteiger partial charge < -0.3 is 10.5 Å². The first kappa shape index (κ1) is 11.1. The van der Waals surface area contributed by atoms with Gasteiger partial charge in [-0.25, -0.2) is 0 Å². The standard InChI is InChI=1S/C12H19NO/c1-4-11(13)10-6-7-12(14-5-2)9(3)8-10/h6-8,11H,4-5,13H2,1-3H3. The maximum absolute atomic E-state index is 5.95. The Morgan fingerprint density at radius 2 is 2.07 bits per heavy atom. The lowest BCUT2D eigenvalue weighted by Crippen LogP contribution is -2.08. The molecular formula is C12H19NO. The zero-order chi connectivity index (χ0) is 10.6. The first-order valence-corrected chi connectivity index (χ1v) is 5.18. The molecule has 2 N–H and O–H groups in total. The third-order valence-corrected chi connectivity index (χ3v) is 2.37. The zero-order valence-corrected chi connectivity index (χ0v) is 9.21. The van der Waals surface area contributed by atoms with Crippen LogP contribution < -0.4 is 10.5 Å². The van der Waals surface area contributed by atoms with E-state index in [1.54, 1.807) is 0 Å². The first-order valence-electron chi connectivity index (χ1n) is 5.18. The van der Waals surface area contributed by atoms with E-state index in [0.717, 1.165) is 17.7 Å². The fourth-order valence-corrected chi connectivity index (χ4v) is 1.46. The SMILES string of the molecule is CCOc1ccc(C(N)CC)cc1C. The van der Waals surface area contributed by atoms with Gasteiger partial charge in [0.2, 0.25) is 0 Å². The summed E-state index contributed by atoms with van der Waals surface area (Å²) in [6, 6.07) is 6.30. The number of ether oxygens (including phenoxy) is 1. The molecule has 1 aromatic carbocycles. The molecule has 1 rings (SSSR count). The van der Waals surface area contributed by atoms with Crippen molar-refractivity contribution in [3.8, 4) is 5.75 Å². The minimum atomic E-state index is 0.143. The highest BCUT2D eigenvalue weighted by molar-refractivity contribution is 5.37. The average Bonchev–Trinajstić information content (AvgIpc) is 2.20. The molecule has 2 heteroatoms. The predicted octanol–water partition coefficient (Wildman–Crippen LogP) is 2.80. The molecule has 14 heavy (non-hydrogen) atoms. The molecule has 1 aromatic rings. The van der Waals surface area contributed by atoms with E-state index >= 15 is 0 Å². The van der Waals surface area contributed by atoms with Crippen molar-refractivity contribution in [3.63, 3.8) is 0 Å². The third kappa shape index (κ3) is 2.48. The van der Waals surface area contributed by atoms with E-state index in [9.17, 15) is 0 Å². The molecule has 0 saturated carbocycles. The maximum atomic E-state index is 5.95. The molecule has 78 valence electrons. The molecule has 0 fully saturated rings. The van der Waals surface area contributed by atoms with Gasteiger partial charge in [-0.1, -0.05) is 19.1 Å². The Bertz CT molecular complexity index is 296. The lowest BCUT2D eigenvalue weighted by molar-refractivity contribution is 0.337. The van der Waals surface area contributed by atoms with Gasteiger partial charge in [-0.15, -0.1) is 0 Å². The Hall–Kier alpha value is -1.02. The van der Waals surface area contributed by atoms with Crippen molar-refractivity contribution < 1.29 is 4.74 Å². The Morgan fingerprint density at radius 3 is 2.57 bits per heavy atom. The van der Waals surface area contributed by atoms with Crippen LogP contribution in [0.25, 0.3) is 0 Å². The van der Waals surface area contributed by atoms with Gasteiger partial charge >= 0.3 is 0 Å². The molecule has 2 nitrogen and oxygen atoms in total.